The molecule has 0 aliphatic carbocycles. The zero-order valence-electron chi connectivity index (χ0n) is 13.0. The number of nitrogens with zero attached hydrogens (tertiary/aromatic N) is 1. The Kier molecular flexibility index (Phi) is 3.43. The van der Waals surface area contributed by atoms with E-state index in [0.717, 1.165) is 5.39 Å². The average Bonchev–Trinajstić information content (AvgIpc) is 3.06. The number of benzene rings is 2. The van der Waals surface area contributed by atoms with Crippen LogP contribution < -0.4 is 10.6 Å². The molecular weight excluding hydrogens is 342 g/mol. The van der Waals surface area contributed by atoms with Crippen molar-refractivity contribution in [1.29, 1.82) is 0 Å². The van der Waals surface area contributed by atoms with Gasteiger partial charge in [-0.3, -0.25) is 10.1 Å². The molecule has 0 bridgehead atoms. The molecule has 1 aromatic heterocycles. The first-order valence-electron chi connectivity index (χ1n) is 7.66. The molecule has 1 atom stereocenters. The van der Waals surface area contributed by atoms with Crippen LogP contribution in [0.3, 0.4) is 0 Å². The molecule has 7 heteroatoms. The minimum absolute atomic E-state index is 0.0123. The Morgan fingerprint density at radius 1 is 1.12 bits per heavy atom. The van der Waals surface area contributed by atoms with Crippen LogP contribution in [0.15, 0.2) is 54.7 Å². The third-order valence-corrected chi connectivity index (χ3v) is 4.67. The van der Waals surface area contributed by atoms with E-state index in [1.54, 1.807) is 53.2 Å². The monoisotopic (exact) mass is 355 g/mol. The summed E-state index contributed by atoms with van der Waals surface area (Å²) in [6.45, 7) is 0.0483. The number of halogens is 1. The molecule has 0 unspecified atom stereocenters. The molecule has 3 aromatic rings. The maximum absolute atomic E-state index is 12.6. The average molecular weight is 356 g/mol. The molecule has 2 heterocycles. The molecule has 2 aromatic carbocycles. The molecule has 0 spiro atoms. The van der Waals surface area contributed by atoms with Gasteiger partial charge in [0.15, 0.2) is 11.4 Å². The number of carbonyl (C=O) groups is 2. The lowest BCUT2D eigenvalue weighted by Crippen LogP contribution is -2.47. The Morgan fingerprint density at radius 2 is 1.88 bits per heavy atom. The number of hydrogen-bond acceptors (Lipinski definition) is 3. The van der Waals surface area contributed by atoms with Gasteiger partial charge in [0.25, 0.3) is 5.91 Å². The molecule has 0 saturated carbocycles. The minimum atomic E-state index is -1.30. The second-order valence-electron chi connectivity index (χ2n) is 5.99. The largest absolute Gasteiger partial charge is 0.494 e. The molecule has 1 fully saturated rings. The second-order valence-corrected chi connectivity index (χ2v) is 6.43. The van der Waals surface area contributed by atoms with Gasteiger partial charge in [0.05, 0.1) is 6.54 Å². The molecule has 1 saturated heterocycles. The fourth-order valence-electron chi connectivity index (χ4n) is 3.21. The molecule has 25 heavy (non-hydrogen) atoms. The lowest BCUT2D eigenvalue weighted by molar-refractivity contribution is -0.124. The first-order valence-corrected chi connectivity index (χ1v) is 8.04. The number of fused-ring (bicyclic) bond motifs is 1. The van der Waals surface area contributed by atoms with E-state index in [1.807, 2.05) is 6.07 Å². The van der Waals surface area contributed by atoms with E-state index >= 15 is 0 Å². The number of aromatic nitrogens is 1. The van der Waals surface area contributed by atoms with Crippen LogP contribution in [0.25, 0.3) is 10.8 Å². The topological polar surface area (TPSA) is 83.4 Å². The Labute approximate surface area is 148 Å². The molecule has 126 valence electrons. The summed E-state index contributed by atoms with van der Waals surface area (Å²) in [6, 6.07) is 13.6. The van der Waals surface area contributed by atoms with Crippen LogP contribution in [0.2, 0.25) is 5.02 Å². The van der Waals surface area contributed by atoms with Crippen molar-refractivity contribution in [2.75, 3.05) is 0 Å². The zero-order chi connectivity index (χ0) is 17.6. The fourth-order valence-corrected chi connectivity index (χ4v) is 3.39. The number of rotatable bonds is 3. The Hall–Kier alpha value is -2.99. The van der Waals surface area contributed by atoms with E-state index in [1.165, 1.54) is 0 Å². The lowest BCUT2D eigenvalue weighted by atomic mass is 9.90. The molecular formula is C18H14ClN3O3. The van der Waals surface area contributed by atoms with Crippen LogP contribution in [0.4, 0.5) is 4.79 Å². The van der Waals surface area contributed by atoms with Gasteiger partial charge in [-0.2, -0.15) is 0 Å². The van der Waals surface area contributed by atoms with Crippen molar-refractivity contribution >= 4 is 34.3 Å². The summed E-state index contributed by atoms with van der Waals surface area (Å²) in [7, 11) is 0. The summed E-state index contributed by atoms with van der Waals surface area (Å²) < 4.78 is 1.54. The van der Waals surface area contributed by atoms with Gasteiger partial charge in [-0.1, -0.05) is 48.0 Å². The highest BCUT2D eigenvalue weighted by Crippen LogP contribution is 2.34. The SMILES string of the molecule is O=C1NC(=O)[C@](Cn2cc3ccc(Cl)cc3c2O)(c2ccccc2)N1. The minimum Gasteiger partial charge on any atom is -0.494 e. The van der Waals surface area contributed by atoms with E-state index in [9.17, 15) is 14.7 Å². The van der Waals surface area contributed by atoms with E-state index in [-0.39, 0.29) is 12.4 Å². The number of hydrogen-bond donors (Lipinski definition) is 3. The van der Waals surface area contributed by atoms with Gasteiger partial charge in [0, 0.05) is 22.0 Å². The second kappa shape index (κ2) is 5.53. The van der Waals surface area contributed by atoms with Crippen LogP contribution in [0.5, 0.6) is 5.88 Å². The molecule has 4 rings (SSSR count). The van der Waals surface area contributed by atoms with Gasteiger partial charge in [0.1, 0.15) is 0 Å². The van der Waals surface area contributed by atoms with Crippen molar-refractivity contribution in [3.63, 3.8) is 0 Å². The van der Waals surface area contributed by atoms with Crippen LogP contribution in [-0.2, 0) is 16.9 Å². The van der Waals surface area contributed by atoms with E-state index in [0.29, 0.717) is 16.0 Å². The summed E-state index contributed by atoms with van der Waals surface area (Å²) in [6.07, 6.45) is 1.73. The predicted molar refractivity (Wildman–Crippen MR) is 93.4 cm³/mol. The Bertz CT molecular complexity index is 999. The third kappa shape index (κ3) is 2.42. The number of amides is 3. The van der Waals surface area contributed by atoms with Crippen molar-refractivity contribution in [2.45, 2.75) is 12.1 Å². The first-order chi connectivity index (χ1) is 12.0. The Morgan fingerprint density at radius 3 is 2.56 bits per heavy atom. The summed E-state index contributed by atoms with van der Waals surface area (Å²) in [5, 5.41) is 17.4. The van der Waals surface area contributed by atoms with Crippen LogP contribution >= 0.6 is 11.6 Å². The third-order valence-electron chi connectivity index (χ3n) is 4.44. The highest BCUT2D eigenvalue weighted by atomic mass is 35.5. The maximum Gasteiger partial charge on any atom is 0.322 e. The van der Waals surface area contributed by atoms with Crippen molar-refractivity contribution in [3.8, 4) is 5.88 Å². The number of urea groups is 1. The number of aromatic hydroxyl groups is 1. The lowest BCUT2D eigenvalue weighted by Gasteiger charge is -2.27. The van der Waals surface area contributed by atoms with Gasteiger partial charge in [-0.25, -0.2) is 4.79 Å². The van der Waals surface area contributed by atoms with Crippen molar-refractivity contribution < 1.29 is 14.7 Å². The van der Waals surface area contributed by atoms with Crippen molar-refractivity contribution in [2.24, 2.45) is 0 Å². The zero-order valence-corrected chi connectivity index (χ0v) is 13.7. The van der Waals surface area contributed by atoms with Gasteiger partial charge in [-0.05, 0) is 17.7 Å². The van der Waals surface area contributed by atoms with Gasteiger partial charge < -0.3 is 15.0 Å². The molecule has 6 nitrogen and oxygen atoms in total. The fraction of sp³-hybridized carbons (Fsp3) is 0.111. The number of nitrogens with one attached hydrogen (secondary N) is 2. The van der Waals surface area contributed by atoms with Crippen molar-refractivity contribution in [3.05, 3.63) is 65.3 Å². The van der Waals surface area contributed by atoms with E-state index in [4.69, 9.17) is 11.6 Å². The van der Waals surface area contributed by atoms with Crippen LogP contribution in [0, 0.1) is 0 Å². The van der Waals surface area contributed by atoms with Gasteiger partial charge in [-0.15, -0.1) is 0 Å². The normalized spacial score (nSPS) is 19.9. The number of carbonyl (C=O) groups excluding carboxylic acids is 2. The van der Waals surface area contributed by atoms with Crippen LogP contribution in [-0.4, -0.2) is 21.6 Å². The summed E-state index contributed by atoms with van der Waals surface area (Å²) in [4.78, 5) is 24.4. The Balaban J connectivity index is 1.84. The van der Waals surface area contributed by atoms with Crippen LogP contribution in [0.1, 0.15) is 5.56 Å². The van der Waals surface area contributed by atoms with E-state index in [2.05, 4.69) is 10.6 Å². The molecule has 1 aliphatic heterocycles. The maximum atomic E-state index is 12.6. The van der Waals surface area contributed by atoms with Gasteiger partial charge in [0.2, 0.25) is 0 Å². The molecule has 3 N–H and O–H groups in total. The van der Waals surface area contributed by atoms with E-state index < -0.39 is 17.5 Å². The highest BCUT2D eigenvalue weighted by Gasteiger charge is 2.48. The summed E-state index contributed by atoms with van der Waals surface area (Å²) in [5.74, 6) is -0.472. The quantitative estimate of drug-likeness (QED) is 0.632. The molecule has 1 aliphatic rings. The summed E-state index contributed by atoms with van der Waals surface area (Å²) in [5.41, 5.74) is -0.664. The van der Waals surface area contributed by atoms with Gasteiger partial charge >= 0.3 is 6.03 Å². The molecule has 0 radical (unpaired) electrons. The summed E-state index contributed by atoms with van der Waals surface area (Å²) >= 11 is 5.99. The smallest absolute Gasteiger partial charge is 0.322 e. The highest BCUT2D eigenvalue weighted by molar-refractivity contribution is 6.31. The van der Waals surface area contributed by atoms with Crippen molar-refractivity contribution in [1.82, 2.24) is 15.2 Å². The number of imide groups is 1. The predicted octanol–water partition coefficient (Wildman–Crippen LogP) is 2.74. The standard InChI is InChI=1S/C18H14ClN3O3/c19-13-7-6-11-9-22(15(23)14(11)8-13)10-18(12-4-2-1-3-5-12)16(24)20-17(25)21-18/h1-9,23H,10H2,(H2,20,21,24,25)/t18-/m0/s1. The first kappa shape index (κ1) is 15.5. The molecule has 3 amide bonds.